The molecule has 0 amide bonds. The maximum atomic E-state index is 12.5. The van der Waals surface area contributed by atoms with E-state index in [-0.39, 0.29) is 22.0 Å². The summed E-state index contributed by atoms with van der Waals surface area (Å²) in [6.45, 7) is 8.16. The molecule has 2 saturated heterocycles. The molecule has 0 radical (unpaired) electrons. The van der Waals surface area contributed by atoms with Gasteiger partial charge in [0.05, 0.1) is 13.2 Å². The quantitative estimate of drug-likeness (QED) is 0.473. The van der Waals surface area contributed by atoms with Gasteiger partial charge in [0.2, 0.25) is 0 Å². The van der Waals surface area contributed by atoms with Gasteiger partial charge in [-0.15, -0.1) is 0 Å². The van der Waals surface area contributed by atoms with Crippen molar-refractivity contribution < 1.29 is 19.0 Å². The monoisotopic (exact) mass is 372 g/mol. The number of hydrogen-bond acceptors (Lipinski definition) is 4. The van der Waals surface area contributed by atoms with E-state index >= 15 is 0 Å². The van der Waals surface area contributed by atoms with Crippen LogP contribution in [0.1, 0.15) is 72.1 Å². The third-order valence-corrected chi connectivity index (χ3v) is 9.02. The number of Topliss-reactive ketones (excluding diaryl/α,β-unsaturated/α-hetero) is 1. The summed E-state index contributed by atoms with van der Waals surface area (Å²) in [5, 5.41) is 0. The molecule has 0 bridgehead atoms. The molecule has 5 fully saturated rings. The lowest BCUT2D eigenvalue weighted by Crippen LogP contribution is -2.56. The summed E-state index contributed by atoms with van der Waals surface area (Å²) in [5.41, 5.74) is 1.37. The van der Waals surface area contributed by atoms with Gasteiger partial charge in [-0.3, -0.25) is 4.79 Å². The van der Waals surface area contributed by atoms with E-state index in [1.54, 1.807) is 0 Å². The zero-order valence-corrected chi connectivity index (χ0v) is 16.9. The van der Waals surface area contributed by atoms with E-state index in [1.165, 1.54) is 5.57 Å². The van der Waals surface area contributed by atoms with Crippen LogP contribution in [0.15, 0.2) is 11.6 Å². The summed E-state index contributed by atoms with van der Waals surface area (Å²) in [4.78, 5) is 12.5. The molecule has 3 saturated carbocycles. The molecule has 0 aromatic carbocycles. The first-order valence-corrected chi connectivity index (χ1v) is 11.0. The number of ketones is 1. The summed E-state index contributed by atoms with van der Waals surface area (Å²) in [6, 6.07) is 0. The predicted molar refractivity (Wildman–Crippen MR) is 100 cm³/mol. The normalized spacial score (nSPS) is 51.7. The number of carbonyl (C=O) groups excluding carboxylic acids is 1. The summed E-state index contributed by atoms with van der Waals surface area (Å²) < 4.78 is 19.3. The zero-order chi connectivity index (χ0) is 18.7. The minimum absolute atomic E-state index is 0.0756. The molecular formula is C23H32O4. The standard InChI is InChI=1S/C23H32O4/c1-19(2)13-25-22(26-14-19)10-11-23-17-7-8-20(3)16(4-5-18(20)24)15(17)6-9-21(23,12-22)27-23/h7,15-16H,4-6,8-14H2,1-3H3/t15?,16?,20?,21?,23-/m1/s1. The highest BCUT2D eigenvalue weighted by Crippen LogP contribution is 2.73. The molecule has 148 valence electrons. The number of fused-ring (bicyclic) bond motifs is 3. The second-order valence-corrected chi connectivity index (χ2v) is 11.2. The number of ether oxygens (including phenoxy) is 3. The van der Waals surface area contributed by atoms with Gasteiger partial charge in [-0.1, -0.05) is 26.8 Å². The summed E-state index contributed by atoms with van der Waals surface area (Å²) in [7, 11) is 0. The van der Waals surface area contributed by atoms with Crippen LogP contribution in [0.3, 0.4) is 0 Å². The molecule has 4 unspecified atom stereocenters. The fourth-order valence-corrected chi connectivity index (χ4v) is 7.35. The molecule has 4 heteroatoms. The molecule has 27 heavy (non-hydrogen) atoms. The highest BCUT2D eigenvalue weighted by atomic mass is 16.7. The van der Waals surface area contributed by atoms with Gasteiger partial charge in [-0.25, -0.2) is 0 Å². The van der Waals surface area contributed by atoms with Crippen molar-refractivity contribution in [2.75, 3.05) is 13.2 Å². The molecule has 4 nitrogen and oxygen atoms in total. The van der Waals surface area contributed by atoms with Crippen LogP contribution in [0.25, 0.3) is 0 Å². The van der Waals surface area contributed by atoms with Gasteiger partial charge < -0.3 is 14.2 Å². The summed E-state index contributed by atoms with van der Waals surface area (Å²) >= 11 is 0. The number of allylic oxidation sites excluding steroid dienone is 1. The third-order valence-electron chi connectivity index (χ3n) is 9.02. The Morgan fingerprint density at radius 1 is 1.04 bits per heavy atom. The van der Waals surface area contributed by atoms with Crippen molar-refractivity contribution in [2.24, 2.45) is 22.7 Å². The maximum Gasteiger partial charge on any atom is 0.171 e. The topological polar surface area (TPSA) is 48.1 Å². The highest BCUT2D eigenvalue weighted by molar-refractivity contribution is 5.87. The lowest BCUT2D eigenvalue weighted by molar-refractivity contribution is -0.313. The van der Waals surface area contributed by atoms with Gasteiger partial charge >= 0.3 is 0 Å². The average Bonchev–Trinajstić information content (AvgIpc) is 3.23. The van der Waals surface area contributed by atoms with Gasteiger partial charge in [0.15, 0.2) is 5.79 Å². The van der Waals surface area contributed by atoms with Crippen LogP contribution in [0.4, 0.5) is 0 Å². The van der Waals surface area contributed by atoms with Gasteiger partial charge in [-0.2, -0.15) is 0 Å². The highest BCUT2D eigenvalue weighted by Gasteiger charge is 2.79. The van der Waals surface area contributed by atoms with Crippen LogP contribution in [0.5, 0.6) is 0 Å². The predicted octanol–water partition coefficient (Wildman–Crippen LogP) is 4.17. The van der Waals surface area contributed by atoms with Gasteiger partial charge in [0.1, 0.15) is 17.0 Å². The number of carbonyl (C=O) groups is 1. The zero-order valence-electron chi connectivity index (χ0n) is 16.9. The first kappa shape index (κ1) is 17.2. The lowest BCUT2D eigenvalue weighted by atomic mass is 9.54. The molecule has 6 rings (SSSR count). The molecular weight excluding hydrogens is 340 g/mol. The van der Waals surface area contributed by atoms with Crippen LogP contribution >= 0.6 is 0 Å². The second kappa shape index (κ2) is 4.88. The molecule has 0 aromatic rings. The van der Waals surface area contributed by atoms with Crippen molar-refractivity contribution in [1.29, 1.82) is 0 Å². The average molecular weight is 373 g/mol. The van der Waals surface area contributed by atoms with Gasteiger partial charge in [-0.05, 0) is 49.5 Å². The molecule has 1 spiro atoms. The second-order valence-electron chi connectivity index (χ2n) is 11.2. The van der Waals surface area contributed by atoms with Gasteiger partial charge in [0.25, 0.3) is 0 Å². The number of epoxide rings is 1. The van der Waals surface area contributed by atoms with Crippen molar-refractivity contribution in [2.45, 2.75) is 89.1 Å². The van der Waals surface area contributed by atoms with E-state index in [2.05, 4.69) is 26.8 Å². The third kappa shape index (κ3) is 2.03. The van der Waals surface area contributed by atoms with E-state index in [4.69, 9.17) is 14.2 Å². The van der Waals surface area contributed by atoms with Crippen LogP contribution in [-0.2, 0) is 19.0 Å². The summed E-state index contributed by atoms with van der Waals surface area (Å²) in [5.74, 6) is 1.13. The Morgan fingerprint density at radius 3 is 2.59 bits per heavy atom. The Morgan fingerprint density at radius 2 is 1.81 bits per heavy atom. The van der Waals surface area contributed by atoms with Gasteiger partial charge in [0, 0.05) is 30.1 Å². The Bertz CT molecular complexity index is 743. The van der Waals surface area contributed by atoms with Crippen LogP contribution in [0.2, 0.25) is 0 Å². The molecule has 2 heterocycles. The molecule has 0 N–H and O–H groups in total. The largest absolute Gasteiger partial charge is 0.358 e. The Hall–Kier alpha value is -0.710. The first-order valence-electron chi connectivity index (χ1n) is 11.0. The molecule has 4 aliphatic carbocycles. The van der Waals surface area contributed by atoms with E-state index in [0.29, 0.717) is 17.6 Å². The van der Waals surface area contributed by atoms with E-state index in [9.17, 15) is 4.79 Å². The van der Waals surface area contributed by atoms with Crippen molar-refractivity contribution in [3.63, 3.8) is 0 Å². The lowest BCUT2D eigenvalue weighted by Gasteiger charge is -2.51. The van der Waals surface area contributed by atoms with Crippen LogP contribution in [0, 0.1) is 22.7 Å². The fraction of sp³-hybridized carbons (Fsp3) is 0.870. The minimum Gasteiger partial charge on any atom is -0.358 e. The van der Waals surface area contributed by atoms with E-state index in [1.807, 2.05) is 0 Å². The van der Waals surface area contributed by atoms with E-state index < -0.39 is 5.79 Å². The van der Waals surface area contributed by atoms with Crippen LogP contribution in [-0.4, -0.2) is 36.0 Å². The van der Waals surface area contributed by atoms with Crippen molar-refractivity contribution >= 4 is 5.78 Å². The molecule has 2 aliphatic heterocycles. The Balaban J connectivity index is 1.29. The molecule has 6 aliphatic rings. The van der Waals surface area contributed by atoms with Crippen molar-refractivity contribution in [3.8, 4) is 0 Å². The smallest absolute Gasteiger partial charge is 0.171 e. The fourth-order valence-electron chi connectivity index (χ4n) is 7.35. The molecule has 5 atom stereocenters. The summed E-state index contributed by atoms with van der Waals surface area (Å²) in [6.07, 6.45) is 10.2. The van der Waals surface area contributed by atoms with Crippen LogP contribution < -0.4 is 0 Å². The van der Waals surface area contributed by atoms with Crippen molar-refractivity contribution in [1.82, 2.24) is 0 Å². The Kier molecular flexibility index (Phi) is 3.10. The number of hydrogen-bond donors (Lipinski definition) is 0. The molecule has 0 aromatic heterocycles. The Labute approximate surface area is 162 Å². The maximum absolute atomic E-state index is 12.5. The first-order chi connectivity index (χ1) is 12.7. The SMILES string of the molecule is CC1(C)COC2(CC[C@]34OC3(CCC3C4=CCC4(C)C(=O)CCC34)C2)OC1. The number of rotatable bonds is 0. The minimum atomic E-state index is -0.435. The van der Waals surface area contributed by atoms with E-state index in [0.717, 1.165) is 64.6 Å². The van der Waals surface area contributed by atoms with Crippen molar-refractivity contribution in [3.05, 3.63) is 11.6 Å².